The van der Waals surface area contributed by atoms with Crippen molar-refractivity contribution in [2.45, 2.75) is 39.3 Å². The van der Waals surface area contributed by atoms with Crippen molar-refractivity contribution in [3.05, 3.63) is 0 Å². The van der Waals surface area contributed by atoms with Gasteiger partial charge in [-0.2, -0.15) is 0 Å². The summed E-state index contributed by atoms with van der Waals surface area (Å²) in [7, 11) is 0. The molecule has 82 valence electrons. The Kier molecular flexibility index (Phi) is 4.39. The van der Waals surface area contributed by atoms with Gasteiger partial charge in [-0.05, 0) is 27.7 Å². The number of carboxylic acid groups (broad SMARTS) is 1. The number of nitrogens with zero attached hydrogens (tertiary/aromatic N) is 1. The largest absolute Gasteiger partial charge is 0.465 e. The van der Waals surface area contributed by atoms with Crippen molar-refractivity contribution < 1.29 is 14.7 Å². The number of carbonyl (C=O) groups excluding carboxylic acids is 1. The second-order valence-corrected chi connectivity index (χ2v) is 4.37. The number of rotatable bonds is 3. The van der Waals surface area contributed by atoms with Gasteiger partial charge in [0.15, 0.2) is 5.78 Å². The molecule has 0 aromatic rings. The minimum atomic E-state index is -1.11. The number of hydrogen-bond acceptors (Lipinski definition) is 2. The third kappa shape index (κ3) is 3.18. The maximum absolute atomic E-state index is 11.3. The Hall–Kier alpha value is -0.770. The number of halogens is 1. The molecule has 4 nitrogen and oxygen atoms in total. The summed E-state index contributed by atoms with van der Waals surface area (Å²) in [5.41, 5.74) is -0.604. The lowest BCUT2D eigenvalue weighted by molar-refractivity contribution is -0.122. The van der Waals surface area contributed by atoms with E-state index < -0.39 is 17.7 Å². The quantitative estimate of drug-likeness (QED) is 0.742. The molecule has 0 aliphatic rings. The standard InChI is InChI=1S/C9H16ClNO3/c1-6(7(12)5-10)11(8(13)14)9(2,3)4/h6H,5H2,1-4H3,(H,13,14)/t6-/m0/s1. The molecule has 1 amide bonds. The van der Waals surface area contributed by atoms with Crippen LogP contribution >= 0.6 is 11.6 Å². The Morgan fingerprint density at radius 3 is 2.07 bits per heavy atom. The molecule has 0 fully saturated rings. The first-order valence-corrected chi connectivity index (χ1v) is 4.86. The molecule has 0 spiro atoms. The Morgan fingerprint density at radius 2 is 1.86 bits per heavy atom. The van der Waals surface area contributed by atoms with Crippen LogP contribution in [0.25, 0.3) is 0 Å². The van der Waals surface area contributed by atoms with Gasteiger partial charge in [0.2, 0.25) is 0 Å². The summed E-state index contributed by atoms with van der Waals surface area (Å²) in [5.74, 6) is -0.454. The Balaban J connectivity index is 4.85. The molecule has 0 aromatic carbocycles. The van der Waals surface area contributed by atoms with Gasteiger partial charge in [-0.3, -0.25) is 9.69 Å². The summed E-state index contributed by atoms with van der Waals surface area (Å²) < 4.78 is 0. The van der Waals surface area contributed by atoms with E-state index in [1.807, 2.05) is 0 Å². The molecule has 0 saturated heterocycles. The van der Waals surface area contributed by atoms with E-state index in [0.717, 1.165) is 4.90 Å². The van der Waals surface area contributed by atoms with Gasteiger partial charge in [-0.15, -0.1) is 11.6 Å². The molecule has 0 aromatic heterocycles. The zero-order valence-corrected chi connectivity index (χ0v) is 9.63. The zero-order valence-electron chi connectivity index (χ0n) is 8.87. The highest BCUT2D eigenvalue weighted by molar-refractivity contribution is 6.28. The van der Waals surface area contributed by atoms with E-state index in [2.05, 4.69) is 0 Å². The van der Waals surface area contributed by atoms with E-state index in [-0.39, 0.29) is 11.7 Å². The molecule has 1 N–H and O–H groups in total. The number of hydrogen-bond donors (Lipinski definition) is 1. The van der Waals surface area contributed by atoms with Crippen LogP contribution in [-0.2, 0) is 4.79 Å². The summed E-state index contributed by atoms with van der Waals surface area (Å²) in [6.45, 7) is 6.75. The second kappa shape index (κ2) is 4.64. The van der Waals surface area contributed by atoms with Crippen molar-refractivity contribution in [1.82, 2.24) is 4.90 Å². The fraction of sp³-hybridized carbons (Fsp3) is 0.778. The molecule has 0 rings (SSSR count). The molecule has 0 aliphatic carbocycles. The molecule has 0 saturated carbocycles. The number of carbonyl (C=O) groups is 2. The van der Waals surface area contributed by atoms with Crippen molar-refractivity contribution in [3.63, 3.8) is 0 Å². The normalized spacial score (nSPS) is 13.5. The van der Waals surface area contributed by atoms with Crippen LogP contribution in [0.15, 0.2) is 0 Å². The van der Waals surface area contributed by atoms with Crippen LogP contribution < -0.4 is 0 Å². The maximum atomic E-state index is 11.3. The van der Waals surface area contributed by atoms with Crippen LogP contribution in [0.1, 0.15) is 27.7 Å². The average Bonchev–Trinajstić information content (AvgIpc) is 1.99. The van der Waals surface area contributed by atoms with Gasteiger partial charge in [-0.1, -0.05) is 0 Å². The van der Waals surface area contributed by atoms with E-state index in [9.17, 15) is 9.59 Å². The monoisotopic (exact) mass is 221 g/mol. The minimum Gasteiger partial charge on any atom is -0.465 e. The third-order valence-corrected chi connectivity index (χ3v) is 2.18. The molecule has 5 heteroatoms. The minimum absolute atomic E-state index is 0.166. The van der Waals surface area contributed by atoms with Gasteiger partial charge in [0, 0.05) is 5.54 Å². The van der Waals surface area contributed by atoms with E-state index in [0.29, 0.717) is 0 Å². The lowest BCUT2D eigenvalue weighted by atomic mass is 10.0. The highest BCUT2D eigenvalue weighted by Gasteiger charge is 2.33. The van der Waals surface area contributed by atoms with Crippen LogP contribution in [-0.4, -0.2) is 39.3 Å². The third-order valence-electron chi connectivity index (χ3n) is 1.91. The first-order valence-electron chi connectivity index (χ1n) is 4.32. The van der Waals surface area contributed by atoms with Crippen LogP contribution in [0.4, 0.5) is 4.79 Å². The molecule has 0 unspecified atom stereocenters. The van der Waals surface area contributed by atoms with Crippen molar-refractivity contribution in [2.24, 2.45) is 0 Å². The Morgan fingerprint density at radius 1 is 1.43 bits per heavy atom. The number of amides is 1. The van der Waals surface area contributed by atoms with Gasteiger partial charge in [0.1, 0.15) is 0 Å². The summed E-state index contributed by atoms with van der Waals surface area (Å²) >= 11 is 5.38. The highest BCUT2D eigenvalue weighted by atomic mass is 35.5. The van der Waals surface area contributed by atoms with Gasteiger partial charge in [0.25, 0.3) is 0 Å². The summed E-state index contributed by atoms with van der Waals surface area (Å²) in [6.07, 6.45) is -1.11. The first kappa shape index (κ1) is 13.2. The summed E-state index contributed by atoms with van der Waals surface area (Å²) in [4.78, 5) is 23.3. The van der Waals surface area contributed by atoms with Gasteiger partial charge in [-0.25, -0.2) is 4.79 Å². The predicted octanol–water partition coefficient (Wildman–Crippen LogP) is 1.96. The van der Waals surface area contributed by atoms with Gasteiger partial charge in [0.05, 0.1) is 11.9 Å². The van der Waals surface area contributed by atoms with Crippen LogP contribution in [0.3, 0.4) is 0 Å². The summed E-state index contributed by atoms with van der Waals surface area (Å²) in [5, 5.41) is 8.95. The van der Waals surface area contributed by atoms with Crippen molar-refractivity contribution in [2.75, 3.05) is 5.88 Å². The topological polar surface area (TPSA) is 57.6 Å². The zero-order chi connectivity index (χ0) is 11.5. The smallest absolute Gasteiger partial charge is 0.408 e. The van der Waals surface area contributed by atoms with Gasteiger partial charge < -0.3 is 5.11 Å². The van der Waals surface area contributed by atoms with Crippen LogP contribution in [0.5, 0.6) is 0 Å². The number of alkyl halides is 1. The van der Waals surface area contributed by atoms with Gasteiger partial charge >= 0.3 is 6.09 Å². The second-order valence-electron chi connectivity index (χ2n) is 4.10. The predicted molar refractivity (Wildman–Crippen MR) is 54.8 cm³/mol. The lowest BCUT2D eigenvalue weighted by Crippen LogP contribution is -2.53. The lowest BCUT2D eigenvalue weighted by Gasteiger charge is -2.36. The number of ketones is 1. The van der Waals surface area contributed by atoms with E-state index >= 15 is 0 Å². The SMILES string of the molecule is C[C@@H](C(=O)CCl)N(C(=O)O)C(C)(C)C. The van der Waals surface area contributed by atoms with E-state index in [1.165, 1.54) is 0 Å². The molecule has 14 heavy (non-hydrogen) atoms. The van der Waals surface area contributed by atoms with Crippen molar-refractivity contribution in [3.8, 4) is 0 Å². The van der Waals surface area contributed by atoms with Crippen molar-refractivity contribution in [1.29, 1.82) is 0 Å². The fourth-order valence-electron chi connectivity index (χ4n) is 1.29. The Bertz CT molecular complexity index is 235. The molecular formula is C9H16ClNO3. The van der Waals surface area contributed by atoms with E-state index in [1.54, 1.807) is 27.7 Å². The van der Waals surface area contributed by atoms with Crippen molar-refractivity contribution >= 4 is 23.5 Å². The average molecular weight is 222 g/mol. The van der Waals surface area contributed by atoms with Crippen LogP contribution in [0.2, 0.25) is 0 Å². The molecule has 0 aliphatic heterocycles. The molecule has 1 atom stereocenters. The first-order chi connectivity index (χ1) is 6.21. The molecule has 0 radical (unpaired) electrons. The molecular weight excluding hydrogens is 206 g/mol. The maximum Gasteiger partial charge on any atom is 0.408 e. The van der Waals surface area contributed by atoms with E-state index in [4.69, 9.17) is 16.7 Å². The van der Waals surface area contributed by atoms with Crippen LogP contribution in [0, 0.1) is 0 Å². The Labute approximate surface area is 88.8 Å². The summed E-state index contributed by atoms with van der Waals surface area (Å²) in [6, 6.07) is -0.704. The number of Topliss-reactive ketones (excluding diaryl/α,β-unsaturated/α-hetero) is 1. The highest BCUT2D eigenvalue weighted by Crippen LogP contribution is 2.17. The molecule has 0 heterocycles. The molecule has 0 bridgehead atoms. The fourth-order valence-corrected chi connectivity index (χ4v) is 1.51.